The SMILES string of the molecule is CCN(CC(=O)Nc1ccc(Oc2ccccc2)cc1)S(=O)(=O)c1ccc(Br)cc1. The normalized spacial score (nSPS) is 11.3. The van der Waals surface area contributed by atoms with E-state index in [-0.39, 0.29) is 18.0 Å². The molecule has 6 nitrogen and oxygen atoms in total. The second kappa shape index (κ2) is 9.88. The molecule has 0 saturated heterocycles. The van der Waals surface area contributed by atoms with Gasteiger partial charge in [0.1, 0.15) is 11.5 Å². The average molecular weight is 489 g/mol. The van der Waals surface area contributed by atoms with E-state index in [2.05, 4.69) is 21.2 Å². The standard InChI is InChI=1S/C22H21BrN2O4S/c1-2-25(30(27,28)21-14-8-17(23)9-15-21)16-22(26)24-18-10-12-20(13-11-18)29-19-6-4-3-5-7-19/h3-15H,2,16H2,1H3,(H,24,26). The molecule has 3 aromatic carbocycles. The lowest BCUT2D eigenvalue weighted by atomic mass is 10.3. The zero-order valence-electron chi connectivity index (χ0n) is 16.3. The molecule has 0 atom stereocenters. The van der Waals surface area contributed by atoms with Crippen molar-refractivity contribution < 1.29 is 17.9 Å². The minimum atomic E-state index is -3.76. The fourth-order valence-corrected chi connectivity index (χ4v) is 4.38. The van der Waals surface area contributed by atoms with E-state index in [1.807, 2.05) is 30.3 Å². The number of rotatable bonds is 8. The number of hydrogen-bond acceptors (Lipinski definition) is 4. The molecular weight excluding hydrogens is 468 g/mol. The lowest BCUT2D eigenvalue weighted by Crippen LogP contribution is -2.37. The van der Waals surface area contributed by atoms with Crippen molar-refractivity contribution in [3.63, 3.8) is 0 Å². The smallest absolute Gasteiger partial charge is 0.243 e. The van der Waals surface area contributed by atoms with Crippen LogP contribution in [-0.2, 0) is 14.8 Å². The summed E-state index contributed by atoms with van der Waals surface area (Å²) < 4.78 is 33.2. The van der Waals surface area contributed by atoms with Gasteiger partial charge in [0.25, 0.3) is 0 Å². The van der Waals surface area contributed by atoms with Crippen molar-refractivity contribution in [3.05, 3.63) is 83.3 Å². The highest BCUT2D eigenvalue weighted by atomic mass is 79.9. The van der Waals surface area contributed by atoms with Crippen LogP contribution >= 0.6 is 15.9 Å². The molecular formula is C22H21BrN2O4S. The largest absolute Gasteiger partial charge is 0.457 e. The highest BCUT2D eigenvalue weighted by Gasteiger charge is 2.25. The first kappa shape index (κ1) is 22.0. The van der Waals surface area contributed by atoms with E-state index >= 15 is 0 Å². The number of para-hydroxylation sites is 1. The maximum atomic E-state index is 12.8. The molecule has 0 bridgehead atoms. The molecule has 30 heavy (non-hydrogen) atoms. The van der Waals surface area contributed by atoms with Crippen LogP contribution in [-0.4, -0.2) is 31.7 Å². The summed E-state index contributed by atoms with van der Waals surface area (Å²) in [6, 6.07) is 22.6. The Morgan fingerprint density at radius 2 is 1.53 bits per heavy atom. The van der Waals surface area contributed by atoms with Crippen molar-refractivity contribution in [2.24, 2.45) is 0 Å². The number of nitrogens with one attached hydrogen (secondary N) is 1. The number of halogens is 1. The quantitative estimate of drug-likeness (QED) is 0.489. The van der Waals surface area contributed by atoms with Crippen LogP contribution in [0.3, 0.4) is 0 Å². The van der Waals surface area contributed by atoms with Crippen molar-refractivity contribution >= 4 is 37.5 Å². The van der Waals surface area contributed by atoms with Crippen LogP contribution in [0, 0.1) is 0 Å². The van der Waals surface area contributed by atoms with E-state index in [1.54, 1.807) is 43.3 Å². The number of nitrogens with zero attached hydrogens (tertiary/aromatic N) is 1. The maximum Gasteiger partial charge on any atom is 0.243 e. The summed E-state index contributed by atoms with van der Waals surface area (Å²) in [7, 11) is -3.76. The Labute approximate surface area is 184 Å². The third kappa shape index (κ3) is 5.69. The lowest BCUT2D eigenvalue weighted by molar-refractivity contribution is -0.116. The van der Waals surface area contributed by atoms with Gasteiger partial charge in [0.05, 0.1) is 11.4 Å². The first-order chi connectivity index (χ1) is 14.4. The molecule has 0 fully saturated rings. The van der Waals surface area contributed by atoms with Gasteiger partial charge in [-0.2, -0.15) is 4.31 Å². The third-order valence-corrected chi connectivity index (χ3v) is 6.70. The summed E-state index contributed by atoms with van der Waals surface area (Å²) in [5.41, 5.74) is 0.553. The van der Waals surface area contributed by atoms with Crippen LogP contribution in [0.1, 0.15) is 6.92 Å². The zero-order valence-corrected chi connectivity index (χ0v) is 18.7. The molecule has 8 heteroatoms. The van der Waals surface area contributed by atoms with E-state index in [4.69, 9.17) is 4.74 Å². The van der Waals surface area contributed by atoms with Crippen LogP contribution in [0.15, 0.2) is 88.2 Å². The van der Waals surface area contributed by atoms with Crippen LogP contribution in [0.25, 0.3) is 0 Å². The van der Waals surface area contributed by atoms with Gasteiger partial charge in [-0.05, 0) is 60.7 Å². The van der Waals surface area contributed by atoms with Crippen LogP contribution < -0.4 is 10.1 Å². The van der Waals surface area contributed by atoms with E-state index in [1.165, 1.54) is 12.1 Å². The Kier molecular flexibility index (Phi) is 7.25. The predicted molar refractivity (Wildman–Crippen MR) is 120 cm³/mol. The molecule has 1 N–H and O–H groups in total. The van der Waals surface area contributed by atoms with E-state index in [9.17, 15) is 13.2 Å². The second-order valence-electron chi connectivity index (χ2n) is 6.37. The van der Waals surface area contributed by atoms with Gasteiger partial charge in [0.15, 0.2) is 0 Å². The minimum absolute atomic E-state index is 0.141. The molecule has 0 aliphatic carbocycles. The topological polar surface area (TPSA) is 75.7 Å². The van der Waals surface area contributed by atoms with Crippen molar-refractivity contribution in [2.75, 3.05) is 18.4 Å². The highest BCUT2D eigenvalue weighted by molar-refractivity contribution is 9.10. The summed E-state index contributed by atoms with van der Waals surface area (Å²) in [6.45, 7) is 1.59. The summed E-state index contributed by atoms with van der Waals surface area (Å²) >= 11 is 3.29. The Morgan fingerprint density at radius 3 is 2.13 bits per heavy atom. The van der Waals surface area contributed by atoms with Crippen molar-refractivity contribution in [1.29, 1.82) is 0 Å². The van der Waals surface area contributed by atoms with Gasteiger partial charge >= 0.3 is 0 Å². The molecule has 0 spiro atoms. The van der Waals surface area contributed by atoms with E-state index < -0.39 is 15.9 Å². The fraction of sp³-hybridized carbons (Fsp3) is 0.136. The van der Waals surface area contributed by atoms with E-state index in [0.29, 0.717) is 17.2 Å². The van der Waals surface area contributed by atoms with Crippen LogP contribution in [0.5, 0.6) is 11.5 Å². The number of hydrogen-bond donors (Lipinski definition) is 1. The average Bonchev–Trinajstić information content (AvgIpc) is 2.74. The fourth-order valence-electron chi connectivity index (χ4n) is 2.71. The molecule has 0 aliphatic heterocycles. The Morgan fingerprint density at radius 1 is 0.933 bits per heavy atom. The molecule has 0 aliphatic rings. The Hall–Kier alpha value is -2.68. The molecule has 0 heterocycles. The van der Waals surface area contributed by atoms with Gasteiger partial charge in [-0.1, -0.05) is 41.1 Å². The van der Waals surface area contributed by atoms with Crippen LogP contribution in [0.4, 0.5) is 5.69 Å². The number of benzene rings is 3. The van der Waals surface area contributed by atoms with Gasteiger partial charge in [-0.3, -0.25) is 4.79 Å². The van der Waals surface area contributed by atoms with Gasteiger partial charge in [0, 0.05) is 16.7 Å². The Balaban J connectivity index is 1.63. The molecule has 3 aromatic rings. The summed E-state index contributed by atoms with van der Waals surface area (Å²) in [4.78, 5) is 12.6. The number of amides is 1. The molecule has 0 saturated carbocycles. The first-order valence-corrected chi connectivity index (χ1v) is 11.5. The minimum Gasteiger partial charge on any atom is -0.457 e. The number of sulfonamides is 1. The molecule has 156 valence electrons. The number of carbonyl (C=O) groups excluding carboxylic acids is 1. The van der Waals surface area contributed by atoms with Crippen molar-refractivity contribution in [1.82, 2.24) is 4.31 Å². The van der Waals surface area contributed by atoms with Crippen molar-refractivity contribution in [3.8, 4) is 11.5 Å². The van der Waals surface area contributed by atoms with Gasteiger partial charge in [0.2, 0.25) is 15.9 Å². The summed E-state index contributed by atoms with van der Waals surface area (Å²) in [5.74, 6) is 0.924. The molecule has 0 radical (unpaired) electrons. The zero-order chi connectivity index (χ0) is 21.6. The second-order valence-corrected chi connectivity index (χ2v) is 9.23. The van der Waals surface area contributed by atoms with E-state index in [0.717, 1.165) is 8.78 Å². The van der Waals surface area contributed by atoms with Gasteiger partial charge in [-0.25, -0.2) is 8.42 Å². The maximum absolute atomic E-state index is 12.8. The number of anilines is 1. The predicted octanol–water partition coefficient (Wildman–Crippen LogP) is 4.89. The van der Waals surface area contributed by atoms with Crippen molar-refractivity contribution in [2.45, 2.75) is 11.8 Å². The third-order valence-electron chi connectivity index (χ3n) is 4.24. The van der Waals surface area contributed by atoms with Gasteiger partial charge in [-0.15, -0.1) is 0 Å². The monoisotopic (exact) mass is 488 g/mol. The summed E-state index contributed by atoms with van der Waals surface area (Å²) in [6.07, 6.45) is 0. The number of carbonyl (C=O) groups is 1. The number of ether oxygens (including phenoxy) is 1. The number of likely N-dealkylation sites (N-methyl/N-ethyl adjacent to an activating group) is 1. The molecule has 0 aromatic heterocycles. The Bertz CT molecular complexity index is 1090. The lowest BCUT2D eigenvalue weighted by Gasteiger charge is -2.20. The van der Waals surface area contributed by atoms with Gasteiger partial charge < -0.3 is 10.1 Å². The summed E-state index contributed by atoms with van der Waals surface area (Å²) in [5, 5.41) is 2.72. The molecule has 3 rings (SSSR count). The first-order valence-electron chi connectivity index (χ1n) is 9.27. The highest BCUT2D eigenvalue weighted by Crippen LogP contribution is 2.23. The molecule has 1 amide bonds. The molecule has 0 unspecified atom stereocenters. The van der Waals surface area contributed by atoms with Crippen LogP contribution in [0.2, 0.25) is 0 Å².